The van der Waals surface area contributed by atoms with Gasteiger partial charge in [0.25, 0.3) is 0 Å². The largest absolute Gasteiger partial charge is 0.457 e. The Morgan fingerprint density at radius 3 is 2.25 bits per heavy atom. The van der Waals surface area contributed by atoms with Crippen molar-refractivity contribution in [2.75, 3.05) is 31.1 Å². The van der Waals surface area contributed by atoms with Crippen LogP contribution in [-0.2, 0) is 0 Å². The molecule has 0 radical (unpaired) electrons. The summed E-state index contributed by atoms with van der Waals surface area (Å²) in [6.45, 7) is 3.65. The third kappa shape index (κ3) is 4.11. The lowest BCUT2D eigenvalue weighted by molar-refractivity contribution is 0.480. The fourth-order valence-corrected chi connectivity index (χ4v) is 3.16. The standard InChI is InChI=1S/C22H19FN4O/c23-17-3-7-21(8-4-17)28-20-5-1-16(2-6-20)22-14-19(13-18(15-24)26-22)27-11-9-25-10-12-27/h1-8,13-14,25H,9-12H2. The highest BCUT2D eigenvalue weighted by atomic mass is 19.1. The molecule has 1 fully saturated rings. The fourth-order valence-electron chi connectivity index (χ4n) is 3.16. The summed E-state index contributed by atoms with van der Waals surface area (Å²) in [6.07, 6.45) is 0. The van der Waals surface area contributed by atoms with Crippen LogP contribution in [-0.4, -0.2) is 31.2 Å². The Bertz CT molecular complexity index is 991. The molecule has 4 rings (SSSR count). The van der Waals surface area contributed by atoms with Gasteiger partial charge in [0, 0.05) is 37.4 Å². The number of aromatic nitrogens is 1. The molecule has 5 nitrogen and oxygen atoms in total. The summed E-state index contributed by atoms with van der Waals surface area (Å²) in [5, 5.41) is 12.7. The van der Waals surface area contributed by atoms with E-state index in [2.05, 4.69) is 21.3 Å². The Labute approximate surface area is 163 Å². The van der Waals surface area contributed by atoms with Crippen LogP contribution in [0.25, 0.3) is 11.3 Å². The van der Waals surface area contributed by atoms with Crippen molar-refractivity contribution < 1.29 is 9.13 Å². The lowest BCUT2D eigenvalue weighted by Gasteiger charge is -2.29. The number of ether oxygens (including phenoxy) is 1. The molecule has 0 aliphatic carbocycles. The number of piperazine rings is 1. The highest BCUT2D eigenvalue weighted by Gasteiger charge is 2.14. The van der Waals surface area contributed by atoms with E-state index in [1.54, 1.807) is 12.1 Å². The van der Waals surface area contributed by atoms with E-state index in [9.17, 15) is 9.65 Å². The molecule has 0 spiro atoms. The summed E-state index contributed by atoms with van der Waals surface area (Å²) in [7, 11) is 0. The molecule has 0 amide bonds. The van der Waals surface area contributed by atoms with Gasteiger partial charge >= 0.3 is 0 Å². The van der Waals surface area contributed by atoms with E-state index in [4.69, 9.17) is 4.74 Å². The van der Waals surface area contributed by atoms with Gasteiger partial charge in [0.15, 0.2) is 0 Å². The highest BCUT2D eigenvalue weighted by Crippen LogP contribution is 2.28. The molecule has 1 aliphatic rings. The first-order valence-corrected chi connectivity index (χ1v) is 9.13. The van der Waals surface area contributed by atoms with Crippen LogP contribution in [0.15, 0.2) is 60.7 Å². The average Bonchev–Trinajstić information content (AvgIpc) is 2.76. The first-order valence-electron chi connectivity index (χ1n) is 9.13. The van der Waals surface area contributed by atoms with Crippen LogP contribution in [0.2, 0.25) is 0 Å². The summed E-state index contributed by atoms with van der Waals surface area (Å²) in [4.78, 5) is 6.71. The number of halogens is 1. The van der Waals surface area contributed by atoms with E-state index >= 15 is 0 Å². The smallest absolute Gasteiger partial charge is 0.143 e. The number of hydrogen-bond donors (Lipinski definition) is 1. The minimum Gasteiger partial charge on any atom is -0.457 e. The predicted octanol–water partition coefficient (Wildman–Crippen LogP) is 3.96. The van der Waals surface area contributed by atoms with Gasteiger partial charge in [0.2, 0.25) is 0 Å². The van der Waals surface area contributed by atoms with Crippen molar-refractivity contribution in [1.82, 2.24) is 10.3 Å². The number of nitrogens with one attached hydrogen (secondary N) is 1. The Balaban J connectivity index is 1.58. The molecular formula is C22H19FN4O. The molecule has 0 unspecified atom stereocenters. The van der Waals surface area contributed by atoms with Crippen molar-refractivity contribution in [3.63, 3.8) is 0 Å². The van der Waals surface area contributed by atoms with Crippen LogP contribution < -0.4 is 15.0 Å². The maximum Gasteiger partial charge on any atom is 0.143 e. The number of pyridine rings is 1. The van der Waals surface area contributed by atoms with Crippen LogP contribution in [0.1, 0.15) is 5.69 Å². The summed E-state index contributed by atoms with van der Waals surface area (Å²) in [5.41, 5.74) is 3.06. The molecule has 2 aromatic carbocycles. The molecule has 6 heteroatoms. The molecule has 0 saturated carbocycles. The zero-order valence-corrected chi connectivity index (χ0v) is 15.2. The topological polar surface area (TPSA) is 61.2 Å². The van der Waals surface area contributed by atoms with Crippen LogP contribution in [0, 0.1) is 17.1 Å². The van der Waals surface area contributed by atoms with Gasteiger partial charge in [-0.05, 0) is 60.7 Å². The molecule has 1 aliphatic heterocycles. The Hall–Kier alpha value is -3.43. The van der Waals surface area contributed by atoms with Crippen molar-refractivity contribution in [2.24, 2.45) is 0 Å². The van der Waals surface area contributed by atoms with E-state index in [0.29, 0.717) is 17.2 Å². The van der Waals surface area contributed by atoms with E-state index < -0.39 is 0 Å². The lowest BCUT2D eigenvalue weighted by Crippen LogP contribution is -2.43. The van der Waals surface area contributed by atoms with Gasteiger partial charge < -0.3 is 15.0 Å². The Kier molecular flexibility index (Phi) is 5.18. The van der Waals surface area contributed by atoms with Gasteiger partial charge in [-0.3, -0.25) is 0 Å². The molecule has 1 aromatic heterocycles. The van der Waals surface area contributed by atoms with Crippen LogP contribution in [0.4, 0.5) is 10.1 Å². The fraction of sp³-hybridized carbons (Fsp3) is 0.182. The van der Waals surface area contributed by atoms with Gasteiger partial charge in [-0.1, -0.05) is 0 Å². The second-order valence-corrected chi connectivity index (χ2v) is 6.53. The zero-order valence-electron chi connectivity index (χ0n) is 15.2. The van der Waals surface area contributed by atoms with Crippen LogP contribution in [0.3, 0.4) is 0 Å². The van der Waals surface area contributed by atoms with Crippen LogP contribution in [0.5, 0.6) is 11.5 Å². The number of benzene rings is 2. The third-order valence-corrected chi connectivity index (χ3v) is 4.61. The van der Waals surface area contributed by atoms with E-state index in [0.717, 1.165) is 43.1 Å². The minimum absolute atomic E-state index is 0.300. The lowest BCUT2D eigenvalue weighted by atomic mass is 10.1. The van der Waals surface area contributed by atoms with Crippen molar-refractivity contribution in [1.29, 1.82) is 5.26 Å². The summed E-state index contributed by atoms with van der Waals surface area (Å²) in [5.74, 6) is 0.917. The number of nitrogens with zero attached hydrogens (tertiary/aromatic N) is 3. The minimum atomic E-state index is -0.300. The van der Waals surface area contributed by atoms with Crippen molar-refractivity contribution in [3.8, 4) is 28.8 Å². The molecular weight excluding hydrogens is 355 g/mol. The second-order valence-electron chi connectivity index (χ2n) is 6.53. The molecule has 2 heterocycles. The number of anilines is 1. The quantitative estimate of drug-likeness (QED) is 0.749. The molecule has 3 aromatic rings. The van der Waals surface area contributed by atoms with Gasteiger partial charge in [0.1, 0.15) is 29.1 Å². The molecule has 1 saturated heterocycles. The monoisotopic (exact) mass is 374 g/mol. The summed E-state index contributed by atoms with van der Waals surface area (Å²) < 4.78 is 18.7. The SMILES string of the molecule is N#Cc1cc(N2CCNCC2)cc(-c2ccc(Oc3ccc(F)cc3)cc2)n1. The summed E-state index contributed by atoms with van der Waals surface area (Å²) in [6, 6.07) is 19.4. The number of hydrogen-bond acceptors (Lipinski definition) is 5. The molecule has 140 valence electrons. The van der Waals surface area contributed by atoms with Crippen molar-refractivity contribution in [2.45, 2.75) is 0 Å². The first-order chi connectivity index (χ1) is 13.7. The van der Waals surface area contributed by atoms with E-state index in [1.165, 1.54) is 12.1 Å². The van der Waals surface area contributed by atoms with Gasteiger partial charge in [-0.25, -0.2) is 9.37 Å². The van der Waals surface area contributed by atoms with Gasteiger partial charge in [0.05, 0.1) is 5.69 Å². The predicted molar refractivity (Wildman–Crippen MR) is 106 cm³/mol. The number of rotatable bonds is 4. The molecule has 0 atom stereocenters. The maximum atomic E-state index is 13.0. The highest BCUT2D eigenvalue weighted by molar-refractivity contribution is 5.67. The Morgan fingerprint density at radius 2 is 1.61 bits per heavy atom. The van der Waals surface area contributed by atoms with Gasteiger partial charge in [-0.2, -0.15) is 5.26 Å². The van der Waals surface area contributed by atoms with Crippen molar-refractivity contribution in [3.05, 3.63) is 72.2 Å². The number of nitriles is 1. The summed E-state index contributed by atoms with van der Waals surface area (Å²) >= 11 is 0. The second kappa shape index (κ2) is 8.07. The Morgan fingerprint density at radius 1 is 0.964 bits per heavy atom. The normalized spacial score (nSPS) is 13.8. The van der Waals surface area contributed by atoms with Crippen molar-refractivity contribution >= 4 is 5.69 Å². The average molecular weight is 374 g/mol. The van der Waals surface area contributed by atoms with E-state index in [1.807, 2.05) is 36.4 Å². The molecule has 28 heavy (non-hydrogen) atoms. The third-order valence-electron chi connectivity index (χ3n) is 4.61. The molecule has 1 N–H and O–H groups in total. The van der Waals surface area contributed by atoms with Gasteiger partial charge in [-0.15, -0.1) is 0 Å². The molecule has 0 bridgehead atoms. The van der Waals surface area contributed by atoms with Crippen LogP contribution >= 0.6 is 0 Å². The zero-order chi connectivity index (χ0) is 19.3. The van der Waals surface area contributed by atoms with E-state index in [-0.39, 0.29) is 5.82 Å². The maximum absolute atomic E-state index is 13.0. The first kappa shape index (κ1) is 18.0.